The van der Waals surface area contributed by atoms with E-state index in [1.807, 2.05) is 41.9 Å². The molecule has 3 rings (SSSR count). The lowest BCUT2D eigenvalue weighted by atomic mass is 9.76. The number of alkyl halides is 3. The molecule has 7 nitrogen and oxygen atoms in total. The first-order valence-corrected chi connectivity index (χ1v) is 9.28. The average Bonchev–Trinajstić information content (AvgIpc) is 3.23. The maximum Gasteiger partial charge on any atom is 0.416 e. The van der Waals surface area contributed by atoms with E-state index in [-0.39, 0.29) is 24.7 Å². The number of carboxylic acids is 1. The predicted octanol–water partition coefficient (Wildman–Crippen LogP) is 2.97. The molecule has 0 radical (unpaired) electrons. The highest BCUT2D eigenvalue weighted by atomic mass is 19.4. The molecule has 1 aliphatic rings. The molecule has 1 saturated heterocycles. The number of nitrogens with one attached hydrogen (secondary N) is 2. The summed E-state index contributed by atoms with van der Waals surface area (Å²) < 4.78 is 39.8. The summed E-state index contributed by atoms with van der Waals surface area (Å²) in [5.41, 5.74) is -1.03. The number of anilines is 1. The fourth-order valence-corrected chi connectivity index (χ4v) is 3.98. The van der Waals surface area contributed by atoms with Crippen molar-refractivity contribution in [3.8, 4) is 0 Å². The van der Waals surface area contributed by atoms with E-state index >= 15 is 0 Å². The van der Waals surface area contributed by atoms with Crippen molar-refractivity contribution in [2.45, 2.75) is 12.1 Å². The van der Waals surface area contributed by atoms with Crippen LogP contribution in [0, 0.1) is 5.41 Å². The average molecular weight is 424 g/mol. The first-order chi connectivity index (χ1) is 14.0. The van der Waals surface area contributed by atoms with Crippen LogP contribution in [0.15, 0.2) is 42.6 Å². The zero-order valence-electron chi connectivity index (χ0n) is 16.5. The summed E-state index contributed by atoms with van der Waals surface area (Å²) in [5.74, 6) is -1.36. The second kappa shape index (κ2) is 8.02. The molecule has 1 aromatic heterocycles. The van der Waals surface area contributed by atoms with Crippen molar-refractivity contribution in [3.63, 3.8) is 0 Å². The van der Waals surface area contributed by atoms with Crippen molar-refractivity contribution >= 4 is 17.7 Å². The molecule has 0 saturated carbocycles. The van der Waals surface area contributed by atoms with Gasteiger partial charge in [-0.1, -0.05) is 0 Å². The van der Waals surface area contributed by atoms with Crippen LogP contribution < -0.4 is 10.6 Å². The van der Waals surface area contributed by atoms with Crippen molar-refractivity contribution in [2.75, 3.05) is 32.0 Å². The minimum absolute atomic E-state index is 0.130. The Morgan fingerprint density at radius 3 is 2.40 bits per heavy atom. The second-order valence-corrected chi connectivity index (χ2v) is 7.64. The molecule has 0 bridgehead atoms. The number of likely N-dealkylation sites (tertiary alicyclic amines) is 1. The number of aliphatic carboxylic acids is 1. The third-order valence-corrected chi connectivity index (χ3v) is 5.51. The number of hydrogen-bond acceptors (Lipinski definition) is 3. The molecular weight excluding hydrogens is 401 g/mol. The van der Waals surface area contributed by atoms with E-state index in [4.69, 9.17) is 0 Å². The summed E-state index contributed by atoms with van der Waals surface area (Å²) in [6, 6.07) is 7.04. The van der Waals surface area contributed by atoms with Gasteiger partial charge in [-0.05, 0) is 43.4 Å². The topological polar surface area (TPSA) is 86.6 Å². The molecule has 1 fully saturated rings. The van der Waals surface area contributed by atoms with Crippen molar-refractivity contribution in [3.05, 3.63) is 53.9 Å². The van der Waals surface area contributed by atoms with Crippen molar-refractivity contribution < 1.29 is 27.9 Å². The fraction of sp³-hybridized carbons (Fsp3) is 0.400. The van der Waals surface area contributed by atoms with Gasteiger partial charge in [-0.2, -0.15) is 13.2 Å². The normalized spacial score (nSPS) is 22.1. The van der Waals surface area contributed by atoms with Gasteiger partial charge in [-0.3, -0.25) is 4.79 Å². The van der Waals surface area contributed by atoms with E-state index < -0.39 is 29.2 Å². The number of aromatic nitrogens is 1. The molecule has 2 atom stereocenters. The zero-order valence-corrected chi connectivity index (χ0v) is 16.5. The van der Waals surface area contributed by atoms with E-state index in [1.54, 1.807) is 0 Å². The summed E-state index contributed by atoms with van der Waals surface area (Å²) >= 11 is 0. The van der Waals surface area contributed by atoms with Crippen LogP contribution in [0.3, 0.4) is 0 Å². The van der Waals surface area contributed by atoms with Crippen LogP contribution in [0.2, 0.25) is 0 Å². The van der Waals surface area contributed by atoms with E-state index in [0.29, 0.717) is 6.54 Å². The fourth-order valence-electron chi connectivity index (χ4n) is 3.98. The van der Waals surface area contributed by atoms with Gasteiger partial charge in [-0.25, -0.2) is 4.79 Å². The number of hydrogen-bond donors (Lipinski definition) is 3. The highest BCUT2D eigenvalue weighted by molar-refractivity contribution is 5.90. The standard InChI is InChI=1S/C20H23F3N4O3/c1-26-10-15(16-4-3-9-27(16)2)19(12-26,17(28)29)11-24-18(30)25-14-7-5-13(6-8-14)20(21,22)23/h3-9,15H,10-12H2,1-2H3,(H,28,29)(H2,24,25,30)/t15-,19+/m0/s1. The molecule has 162 valence electrons. The Balaban J connectivity index is 1.72. The van der Waals surface area contributed by atoms with Crippen LogP contribution in [0.25, 0.3) is 0 Å². The summed E-state index contributed by atoms with van der Waals surface area (Å²) in [6.45, 7) is 0.639. The smallest absolute Gasteiger partial charge is 0.416 e. The molecule has 1 aromatic carbocycles. The lowest BCUT2D eigenvalue weighted by molar-refractivity contribution is -0.148. The zero-order chi connectivity index (χ0) is 22.1. The van der Waals surface area contributed by atoms with Crippen LogP contribution in [-0.4, -0.2) is 53.3 Å². The SMILES string of the molecule is CN1C[C@@H](c2cccn2C)[C@](CNC(=O)Nc2ccc(C(F)(F)F)cc2)(C(=O)O)C1. The van der Waals surface area contributed by atoms with E-state index in [2.05, 4.69) is 10.6 Å². The molecule has 0 spiro atoms. The Kier molecular flexibility index (Phi) is 5.80. The van der Waals surface area contributed by atoms with Crippen LogP contribution in [0.1, 0.15) is 17.2 Å². The predicted molar refractivity (Wildman–Crippen MR) is 104 cm³/mol. The van der Waals surface area contributed by atoms with Gasteiger partial charge in [0.1, 0.15) is 5.41 Å². The minimum atomic E-state index is -4.46. The minimum Gasteiger partial charge on any atom is -0.481 e. The number of aryl methyl sites for hydroxylation is 1. The molecule has 2 aromatic rings. The largest absolute Gasteiger partial charge is 0.481 e. The first-order valence-electron chi connectivity index (χ1n) is 9.28. The van der Waals surface area contributed by atoms with Gasteiger partial charge in [0.2, 0.25) is 0 Å². The molecule has 10 heteroatoms. The monoisotopic (exact) mass is 424 g/mol. The number of carbonyl (C=O) groups is 2. The Hall–Kier alpha value is -3.01. The lowest BCUT2D eigenvalue weighted by Crippen LogP contribution is -2.48. The van der Waals surface area contributed by atoms with Gasteiger partial charge >= 0.3 is 18.2 Å². The van der Waals surface area contributed by atoms with Gasteiger partial charge < -0.3 is 25.2 Å². The molecule has 2 heterocycles. The highest BCUT2D eigenvalue weighted by Gasteiger charge is 2.53. The van der Waals surface area contributed by atoms with Crippen LogP contribution in [0.5, 0.6) is 0 Å². The van der Waals surface area contributed by atoms with Gasteiger partial charge in [0.15, 0.2) is 0 Å². The summed E-state index contributed by atoms with van der Waals surface area (Å²) in [4.78, 5) is 26.5. The number of rotatable bonds is 5. The number of amides is 2. The molecule has 3 N–H and O–H groups in total. The number of urea groups is 1. The molecule has 1 aliphatic heterocycles. The summed E-state index contributed by atoms with van der Waals surface area (Å²) in [5, 5.41) is 15.1. The van der Waals surface area contributed by atoms with Gasteiger partial charge in [0.25, 0.3) is 0 Å². The Bertz CT molecular complexity index is 926. The second-order valence-electron chi connectivity index (χ2n) is 7.64. The van der Waals surface area contributed by atoms with Crippen molar-refractivity contribution in [2.24, 2.45) is 12.5 Å². The molecular formula is C20H23F3N4O3. The third kappa shape index (κ3) is 4.28. The van der Waals surface area contributed by atoms with E-state index in [9.17, 15) is 27.9 Å². The molecule has 0 aliphatic carbocycles. The Morgan fingerprint density at radius 1 is 1.20 bits per heavy atom. The Labute approximate surface area is 171 Å². The van der Waals surface area contributed by atoms with Crippen LogP contribution >= 0.6 is 0 Å². The number of benzene rings is 1. The van der Waals surface area contributed by atoms with E-state index in [0.717, 1.165) is 30.0 Å². The van der Waals surface area contributed by atoms with Crippen molar-refractivity contribution in [1.82, 2.24) is 14.8 Å². The van der Waals surface area contributed by atoms with Crippen LogP contribution in [0.4, 0.5) is 23.7 Å². The number of nitrogens with zero attached hydrogens (tertiary/aromatic N) is 2. The third-order valence-electron chi connectivity index (χ3n) is 5.51. The number of carboxylic acid groups (broad SMARTS) is 1. The first kappa shape index (κ1) is 21.7. The number of carbonyl (C=O) groups excluding carboxylic acids is 1. The highest BCUT2D eigenvalue weighted by Crippen LogP contribution is 2.42. The summed E-state index contributed by atoms with van der Waals surface area (Å²) in [6.07, 6.45) is -2.62. The maximum absolute atomic E-state index is 12.6. The molecule has 2 amide bonds. The van der Waals surface area contributed by atoms with E-state index in [1.165, 1.54) is 0 Å². The summed E-state index contributed by atoms with van der Waals surface area (Å²) in [7, 11) is 3.66. The quantitative estimate of drug-likeness (QED) is 0.689. The van der Waals surface area contributed by atoms with Crippen LogP contribution in [-0.2, 0) is 18.0 Å². The molecule has 0 unspecified atom stereocenters. The molecule has 30 heavy (non-hydrogen) atoms. The van der Waals surface area contributed by atoms with Crippen molar-refractivity contribution in [1.29, 1.82) is 0 Å². The van der Waals surface area contributed by atoms with Gasteiger partial charge in [-0.15, -0.1) is 0 Å². The number of halogens is 3. The lowest BCUT2D eigenvalue weighted by Gasteiger charge is -2.31. The maximum atomic E-state index is 12.6. The van der Waals surface area contributed by atoms with Gasteiger partial charge in [0, 0.05) is 50.2 Å². The number of likely N-dealkylation sites (N-methyl/N-ethyl adjacent to an activating group) is 1. The van der Waals surface area contributed by atoms with Gasteiger partial charge in [0.05, 0.1) is 5.56 Å². The Morgan fingerprint density at radius 2 is 1.87 bits per heavy atom.